The lowest BCUT2D eigenvalue weighted by molar-refractivity contribution is 0.171. The van der Waals surface area contributed by atoms with E-state index in [4.69, 9.17) is 9.47 Å². The summed E-state index contributed by atoms with van der Waals surface area (Å²) in [7, 11) is 0. The summed E-state index contributed by atoms with van der Waals surface area (Å²) < 4.78 is 11.0. The lowest BCUT2D eigenvalue weighted by Crippen LogP contribution is -2.15. The average Bonchev–Trinajstić information content (AvgIpc) is 2.89. The van der Waals surface area contributed by atoms with Crippen LogP contribution in [0.1, 0.15) is 5.56 Å². The minimum absolute atomic E-state index is 0. The minimum Gasteiger partial charge on any atom is -0.486 e. The number of anilines is 1. The number of hydrogen-bond acceptors (Lipinski definition) is 5. The van der Waals surface area contributed by atoms with E-state index in [9.17, 15) is 0 Å². The molecule has 0 bridgehead atoms. The van der Waals surface area contributed by atoms with Crippen LogP contribution in [-0.2, 0) is 6.54 Å². The Balaban J connectivity index is 0.00000120. The normalized spacial score (nSPS) is 12.7. The van der Waals surface area contributed by atoms with E-state index in [1.54, 1.807) is 0 Å². The molecule has 18 heavy (non-hydrogen) atoms. The maximum absolute atomic E-state index is 5.51. The van der Waals surface area contributed by atoms with Gasteiger partial charge in [-0.1, -0.05) is 6.07 Å². The van der Waals surface area contributed by atoms with Crippen LogP contribution >= 0.6 is 12.4 Å². The molecule has 0 saturated heterocycles. The Labute approximate surface area is 110 Å². The van der Waals surface area contributed by atoms with E-state index in [2.05, 4.69) is 20.5 Å². The van der Waals surface area contributed by atoms with Crippen molar-refractivity contribution >= 4 is 18.4 Å². The Morgan fingerprint density at radius 3 is 2.83 bits per heavy atom. The number of benzene rings is 1. The molecule has 2 N–H and O–H groups in total. The van der Waals surface area contributed by atoms with Crippen molar-refractivity contribution in [3.63, 3.8) is 0 Å². The molecule has 1 aliphatic rings. The van der Waals surface area contributed by atoms with Gasteiger partial charge >= 0.3 is 0 Å². The van der Waals surface area contributed by atoms with Crippen molar-refractivity contribution in [2.24, 2.45) is 0 Å². The van der Waals surface area contributed by atoms with E-state index >= 15 is 0 Å². The molecule has 0 amide bonds. The SMILES string of the molecule is Cl.c1n[nH]c(NCc2ccc3c(c2)OCCO3)n1. The fourth-order valence-electron chi connectivity index (χ4n) is 1.67. The van der Waals surface area contributed by atoms with Crippen LogP contribution in [0.25, 0.3) is 0 Å². The van der Waals surface area contributed by atoms with Gasteiger partial charge in [0.1, 0.15) is 19.5 Å². The van der Waals surface area contributed by atoms with Gasteiger partial charge in [-0.15, -0.1) is 12.4 Å². The molecule has 1 aromatic carbocycles. The molecule has 0 saturated carbocycles. The Bertz CT molecular complexity index is 504. The van der Waals surface area contributed by atoms with Crippen LogP contribution in [0.15, 0.2) is 24.5 Å². The summed E-state index contributed by atoms with van der Waals surface area (Å²) in [5.41, 5.74) is 1.10. The first-order valence-corrected chi connectivity index (χ1v) is 5.39. The van der Waals surface area contributed by atoms with Crippen molar-refractivity contribution in [1.29, 1.82) is 0 Å². The predicted octanol–water partition coefficient (Wildman–Crippen LogP) is 1.61. The quantitative estimate of drug-likeness (QED) is 0.885. The number of halogens is 1. The smallest absolute Gasteiger partial charge is 0.218 e. The Morgan fingerprint density at radius 2 is 2.06 bits per heavy atom. The Kier molecular flexibility index (Phi) is 3.88. The number of rotatable bonds is 3. The highest BCUT2D eigenvalue weighted by molar-refractivity contribution is 5.85. The number of ether oxygens (including phenoxy) is 2. The zero-order valence-corrected chi connectivity index (χ0v) is 10.4. The van der Waals surface area contributed by atoms with Crippen LogP contribution < -0.4 is 14.8 Å². The van der Waals surface area contributed by atoms with Crippen LogP contribution in [0.4, 0.5) is 5.95 Å². The fraction of sp³-hybridized carbons (Fsp3) is 0.273. The molecular formula is C11H13ClN4O2. The number of nitrogens with one attached hydrogen (secondary N) is 2. The summed E-state index contributed by atoms with van der Waals surface area (Å²) in [6.45, 7) is 1.88. The van der Waals surface area contributed by atoms with Crippen molar-refractivity contribution in [3.05, 3.63) is 30.1 Å². The second-order valence-corrected chi connectivity index (χ2v) is 3.67. The van der Waals surface area contributed by atoms with Gasteiger partial charge in [0.05, 0.1) is 0 Å². The predicted molar refractivity (Wildman–Crippen MR) is 68.4 cm³/mol. The van der Waals surface area contributed by atoms with Gasteiger partial charge in [-0.2, -0.15) is 5.10 Å². The number of fused-ring (bicyclic) bond motifs is 1. The van der Waals surface area contributed by atoms with Crippen molar-refractivity contribution in [1.82, 2.24) is 15.2 Å². The number of nitrogens with zero attached hydrogens (tertiary/aromatic N) is 2. The van der Waals surface area contributed by atoms with E-state index in [1.165, 1.54) is 6.33 Å². The van der Waals surface area contributed by atoms with Gasteiger partial charge in [0, 0.05) is 6.54 Å². The molecule has 0 aliphatic carbocycles. The van der Waals surface area contributed by atoms with Gasteiger partial charge < -0.3 is 14.8 Å². The first kappa shape index (κ1) is 12.5. The summed E-state index contributed by atoms with van der Waals surface area (Å²) in [4.78, 5) is 3.99. The van der Waals surface area contributed by atoms with E-state index in [1.807, 2.05) is 18.2 Å². The molecule has 2 aromatic rings. The van der Waals surface area contributed by atoms with E-state index in [0.29, 0.717) is 25.7 Å². The van der Waals surface area contributed by atoms with Gasteiger partial charge in [-0.25, -0.2) is 10.1 Å². The van der Waals surface area contributed by atoms with Crippen LogP contribution in [0.5, 0.6) is 11.5 Å². The maximum atomic E-state index is 5.51. The minimum atomic E-state index is 0. The van der Waals surface area contributed by atoms with Crippen molar-refractivity contribution in [2.75, 3.05) is 18.5 Å². The first-order chi connectivity index (χ1) is 8.42. The van der Waals surface area contributed by atoms with Crippen molar-refractivity contribution in [2.45, 2.75) is 6.54 Å². The number of hydrogen-bond donors (Lipinski definition) is 2. The maximum Gasteiger partial charge on any atom is 0.218 e. The molecular weight excluding hydrogens is 256 g/mol. The third kappa shape index (κ3) is 2.65. The number of aromatic amines is 1. The first-order valence-electron chi connectivity index (χ1n) is 5.39. The zero-order valence-electron chi connectivity index (χ0n) is 9.55. The van der Waals surface area contributed by atoms with Crippen molar-refractivity contribution in [3.8, 4) is 11.5 Å². The monoisotopic (exact) mass is 268 g/mol. The Morgan fingerprint density at radius 1 is 1.22 bits per heavy atom. The molecule has 96 valence electrons. The lowest BCUT2D eigenvalue weighted by Gasteiger charge is -2.18. The molecule has 1 aromatic heterocycles. The van der Waals surface area contributed by atoms with Gasteiger partial charge in [0.15, 0.2) is 11.5 Å². The largest absolute Gasteiger partial charge is 0.486 e. The van der Waals surface area contributed by atoms with Crippen molar-refractivity contribution < 1.29 is 9.47 Å². The average molecular weight is 269 g/mol. The number of aromatic nitrogens is 3. The van der Waals surface area contributed by atoms with Crippen LogP contribution in [0.2, 0.25) is 0 Å². The summed E-state index contributed by atoms with van der Waals surface area (Å²) in [5, 5.41) is 9.63. The van der Waals surface area contributed by atoms with E-state index < -0.39 is 0 Å². The molecule has 1 aliphatic heterocycles. The fourth-order valence-corrected chi connectivity index (χ4v) is 1.67. The van der Waals surface area contributed by atoms with E-state index in [-0.39, 0.29) is 12.4 Å². The Hall–Kier alpha value is -1.95. The molecule has 0 unspecified atom stereocenters. The molecule has 0 fully saturated rings. The lowest BCUT2D eigenvalue weighted by atomic mass is 10.2. The van der Waals surface area contributed by atoms with Gasteiger partial charge in [-0.05, 0) is 17.7 Å². The molecule has 0 atom stereocenters. The van der Waals surface area contributed by atoms with Gasteiger partial charge in [-0.3, -0.25) is 0 Å². The van der Waals surface area contributed by atoms with Crippen LogP contribution in [0.3, 0.4) is 0 Å². The highest BCUT2D eigenvalue weighted by Crippen LogP contribution is 2.30. The zero-order chi connectivity index (χ0) is 11.5. The van der Waals surface area contributed by atoms with Gasteiger partial charge in [0.2, 0.25) is 5.95 Å². The van der Waals surface area contributed by atoms with Crippen LogP contribution in [0, 0.1) is 0 Å². The molecule has 6 nitrogen and oxygen atoms in total. The van der Waals surface area contributed by atoms with Crippen LogP contribution in [-0.4, -0.2) is 28.4 Å². The van der Waals surface area contributed by atoms with E-state index in [0.717, 1.165) is 17.1 Å². The topological polar surface area (TPSA) is 72.1 Å². The summed E-state index contributed by atoms with van der Waals surface area (Å²) in [6, 6.07) is 5.89. The molecule has 7 heteroatoms. The highest BCUT2D eigenvalue weighted by Gasteiger charge is 2.11. The summed E-state index contributed by atoms with van der Waals surface area (Å²) >= 11 is 0. The molecule has 3 rings (SSSR count). The second-order valence-electron chi connectivity index (χ2n) is 3.67. The number of H-pyrrole nitrogens is 1. The standard InChI is InChI=1S/C11H12N4O2.ClH/c1-2-9-10(17-4-3-16-9)5-8(1)6-12-11-13-7-14-15-11;/h1-2,5,7H,3-4,6H2,(H2,12,13,14,15);1H. The molecule has 2 heterocycles. The third-order valence-corrected chi connectivity index (χ3v) is 2.48. The summed E-state index contributed by atoms with van der Waals surface area (Å²) in [6.07, 6.45) is 1.46. The second kappa shape index (κ2) is 5.59. The molecule has 0 spiro atoms. The molecule has 0 radical (unpaired) electrons. The summed E-state index contributed by atoms with van der Waals surface area (Å²) in [5.74, 6) is 2.26. The highest BCUT2D eigenvalue weighted by atomic mass is 35.5. The van der Waals surface area contributed by atoms with Gasteiger partial charge in [0.25, 0.3) is 0 Å². The third-order valence-electron chi connectivity index (χ3n) is 2.48.